The van der Waals surface area contributed by atoms with Crippen LogP contribution in [-0.2, 0) is 0 Å². The Morgan fingerprint density at radius 1 is 1.16 bits per heavy atom. The SMILES string of the molecule is COc1ccc(C(=O)NC(C)c2nc(-c3ccc(F)cc3)no2)cc1. The number of methoxy groups -OCH3 is 1. The maximum atomic E-state index is 13.0. The third kappa shape index (κ3) is 3.82. The number of hydrogen-bond donors (Lipinski definition) is 1. The van der Waals surface area contributed by atoms with E-state index in [2.05, 4.69) is 15.5 Å². The van der Waals surface area contributed by atoms with E-state index in [9.17, 15) is 9.18 Å². The molecule has 0 bridgehead atoms. The van der Waals surface area contributed by atoms with Crippen LogP contribution in [0.2, 0.25) is 0 Å². The molecule has 0 spiro atoms. The van der Waals surface area contributed by atoms with Crippen LogP contribution in [0, 0.1) is 5.82 Å². The second kappa shape index (κ2) is 7.12. The van der Waals surface area contributed by atoms with Crippen LogP contribution in [0.3, 0.4) is 0 Å². The second-order valence-electron chi connectivity index (χ2n) is 5.39. The van der Waals surface area contributed by atoms with Gasteiger partial charge < -0.3 is 14.6 Å². The second-order valence-corrected chi connectivity index (χ2v) is 5.39. The van der Waals surface area contributed by atoms with Crippen molar-refractivity contribution in [2.24, 2.45) is 0 Å². The molecule has 1 unspecified atom stereocenters. The number of nitrogens with one attached hydrogen (secondary N) is 1. The smallest absolute Gasteiger partial charge is 0.251 e. The molecule has 0 aliphatic heterocycles. The standard InChI is InChI=1S/C18H16FN3O3/c1-11(20-17(23)13-5-9-15(24-2)10-6-13)18-21-16(22-25-18)12-3-7-14(19)8-4-12/h3-11H,1-2H3,(H,20,23). The van der Waals surface area contributed by atoms with Crippen LogP contribution in [0.25, 0.3) is 11.4 Å². The maximum Gasteiger partial charge on any atom is 0.251 e. The number of benzene rings is 2. The van der Waals surface area contributed by atoms with Crippen molar-refractivity contribution in [2.75, 3.05) is 7.11 Å². The van der Waals surface area contributed by atoms with Crippen molar-refractivity contribution in [1.82, 2.24) is 15.5 Å². The number of halogens is 1. The molecule has 0 radical (unpaired) electrons. The minimum absolute atomic E-state index is 0.265. The van der Waals surface area contributed by atoms with Gasteiger partial charge in [0.2, 0.25) is 11.7 Å². The Balaban J connectivity index is 1.69. The maximum absolute atomic E-state index is 13.0. The van der Waals surface area contributed by atoms with Crippen molar-refractivity contribution in [3.05, 3.63) is 65.8 Å². The van der Waals surface area contributed by atoms with Gasteiger partial charge in [-0.05, 0) is 55.5 Å². The van der Waals surface area contributed by atoms with Gasteiger partial charge in [0.05, 0.1) is 7.11 Å². The Labute approximate surface area is 143 Å². The summed E-state index contributed by atoms with van der Waals surface area (Å²) in [5.41, 5.74) is 1.12. The molecule has 2 aromatic carbocycles. The molecule has 1 aromatic heterocycles. The fourth-order valence-corrected chi connectivity index (χ4v) is 2.21. The van der Waals surface area contributed by atoms with E-state index in [1.807, 2.05) is 0 Å². The minimum Gasteiger partial charge on any atom is -0.497 e. The molecule has 1 atom stereocenters. The summed E-state index contributed by atoms with van der Waals surface area (Å²) in [7, 11) is 1.56. The lowest BCUT2D eigenvalue weighted by Crippen LogP contribution is -2.26. The normalized spacial score (nSPS) is 11.8. The molecule has 0 saturated carbocycles. The number of nitrogens with zero attached hydrogens (tertiary/aromatic N) is 2. The third-order valence-corrected chi connectivity index (χ3v) is 3.61. The molecule has 7 heteroatoms. The van der Waals surface area contributed by atoms with Gasteiger partial charge in [0, 0.05) is 11.1 Å². The highest BCUT2D eigenvalue weighted by atomic mass is 19.1. The van der Waals surface area contributed by atoms with Crippen molar-refractivity contribution < 1.29 is 18.4 Å². The van der Waals surface area contributed by atoms with Crippen LogP contribution in [0.1, 0.15) is 29.2 Å². The molecular weight excluding hydrogens is 325 g/mol. The lowest BCUT2D eigenvalue weighted by atomic mass is 10.2. The fraction of sp³-hybridized carbons (Fsp3) is 0.167. The summed E-state index contributed by atoms with van der Waals surface area (Å²) in [6.07, 6.45) is 0. The molecule has 1 N–H and O–H groups in total. The third-order valence-electron chi connectivity index (χ3n) is 3.61. The highest BCUT2D eigenvalue weighted by molar-refractivity contribution is 5.94. The zero-order chi connectivity index (χ0) is 17.8. The molecule has 1 amide bonds. The van der Waals surface area contributed by atoms with Crippen LogP contribution in [-0.4, -0.2) is 23.2 Å². The molecule has 1 heterocycles. The number of amides is 1. The number of carbonyl (C=O) groups is 1. The van der Waals surface area contributed by atoms with Gasteiger partial charge in [-0.25, -0.2) is 4.39 Å². The predicted octanol–water partition coefficient (Wildman–Crippen LogP) is 3.38. The summed E-state index contributed by atoms with van der Waals surface area (Å²) in [5.74, 6) is 0.663. The number of ether oxygens (including phenoxy) is 1. The number of carbonyl (C=O) groups excluding carboxylic acids is 1. The fourth-order valence-electron chi connectivity index (χ4n) is 2.21. The van der Waals surface area contributed by atoms with Gasteiger partial charge in [-0.3, -0.25) is 4.79 Å². The topological polar surface area (TPSA) is 77.2 Å². The average Bonchev–Trinajstić information content (AvgIpc) is 3.12. The Bertz CT molecular complexity index is 860. The largest absolute Gasteiger partial charge is 0.497 e. The molecule has 3 aromatic rings. The lowest BCUT2D eigenvalue weighted by Gasteiger charge is -2.10. The van der Waals surface area contributed by atoms with Crippen LogP contribution in [0.15, 0.2) is 53.1 Å². The van der Waals surface area contributed by atoms with Crippen LogP contribution >= 0.6 is 0 Å². The molecule has 128 valence electrons. The zero-order valence-corrected chi connectivity index (χ0v) is 13.7. The minimum atomic E-state index is -0.476. The predicted molar refractivity (Wildman–Crippen MR) is 88.6 cm³/mol. The lowest BCUT2D eigenvalue weighted by molar-refractivity contribution is 0.0932. The van der Waals surface area contributed by atoms with Crippen molar-refractivity contribution in [2.45, 2.75) is 13.0 Å². The first-order chi connectivity index (χ1) is 12.1. The molecular formula is C18H16FN3O3. The molecule has 0 aliphatic carbocycles. The van der Waals surface area contributed by atoms with E-state index in [-0.39, 0.29) is 17.6 Å². The van der Waals surface area contributed by atoms with Crippen molar-refractivity contribution in [3.63, 3.8) is 0 Å². The van der Waals surface area contributed by atoms with E-state index < -0.39 is 6.04 Å². The zero-order valence-electron chi connectivity index (χ0n) is 13.7. The Kier molecular flexibility index (Phi) is 4.74. The van der Waals surface area contributed by atoms with E-state index in [0.29, 0.717) is 22.7 Å². The van der Waals surface area contributed by atoms with Crippen molar-refractivity contribution in [3.8, 4) is 17.1 Å². The molecule has 6 nitrogen and oxygen atoms in total. The van der Waals surface area contributed by atoms with E-state index >= 15 is 0 Å². The summed E-state index contributed by atoms with van der Waals surface area (Å²) in [4.78, 5) is 16.5. The Morgan fingerprint density at radius 2 is 1.84 bits per heavy atom. The van der Waals surface area contributed by atoms with Crippen LogP contribution < -0.4 is 10.1 Å². The number of rotatable bonds is 5. The van der Waals surface area contributed by atoms with Gasteiger partial charge in [-0.15, -0.1) is 0 Å². The molecule has 0 aliphatic rings. The van der Waals surface area contributed by atoms with E-state index in [1.165, 1.54) is 12.1 Å². The van der Waals surface area contributed by atoms with Gasteiger partial charge in [-0.2, -0.15) is 4.98 Å². The molecule has 25 heavy (non-hydrogen) atoms. The van der Waals surface area contributed by atoms with Gasteiger partial charge in [0.15, 0.2) is 0 Å². The van der Waals surface area contributed by atoms with Crippen LogP contribution in [0.4, 0.5) is 4.39 Å². The first-order valence-corrected chi connectivity index (χ1v) is 7.61. The summed E-state index contributed by atoms with van der Waals surface area (Å²) in [5, 5.41) is 6.65. The first kappa shape index (κ1) is 16.6. The van der Waals surface area contributed by atoms with Gasteiger partial charge in [-0.1, -0.05) is 5.16 Å². The first-order valence-electron chi connectivity index (χ1n) is 7.61. The highest BCUT2D eigenvalue weighted by Gasteiger charge is 2.18. The van der Waals surface area contributed by atoms with Gasteiger partial charge >= 0.3 is 0 Å². The summed E-state index contributed by atoms with van der Waals surface area (Å²) in [6.45, 7) is 1.74. The van der Waals surface area contributed by atoms with Crippen LogP contribution in [0.5, 0.6) is 5.75 Å². The molecule has 0 fully saturated rings. The number of hydrogen-bond acceptors (Lipinski definition) is 5. The highest BCUT2D eigenvalue weighted by Crippen LogP contribution is 2.19. The van der Waals surface area contributed by atoms with Crippen molar-refractivity contribution in [1.29, 1.82) is 0 Å². The Hall–Kier alpha value is -3.22. The van der Waals surface area contributed by atoms with Crippen molar-refractivity contribution >= 4 is 5.91 Å². The van der Waals surface area contributed by atoms with E-state index in [4.69, 9.17) is 9.26 Å². The summed E-state index contributed by atoms with van der Waals surface area (Å²) >= 11 is 0. The monoisotopic (exact) mass is 341 g/mol. The summed E-state index contributed by atoms with van der Waals surface area (Å²) in [6, 6.07) is 12.0. The van der Waals surface area contributed by atoms with E-state index in [1.54, 1.807) is 50.4 Å². The number of aromatic nitrogens is 2. The quantitative estimate of drug-likeness (QED) is 0.770. The average molecular weight is 341 g/mol. The van der Waals surface area contributed by atoms with Gasteiger partial charge in [0.1, 0.15) is 17.6 Å². The Morgan fingerprint density at radius 3 is 2.48 bits per heavy atom. The molecule has 3 rings (SSSR count). The summed E-state index contributed by atoms with van der Waals surface area (Å²) < 4.78 is 23.2. The van der Waals surface area contributed by atoms with E-state index in [0.717, 1.165) is 0 Å². The van der Waals surface area contributed by atoms with Gasteiger partial charge in [0.25, 0.3) is 5.91 Å². The molecule has 0 saturated heterocycles.